The third-order valence-electron chi connectivity index (χ3n) is 4.06. The largest absolute Gasteiger partial charge is 0.507 e. The van der Waals surface area contributed by atoms with Gasteiger partial charge in [-0.1, -0.05) is 42.5 Å². The zero-order valence-corrected chi connectivity index (χ0v) is 14.5. The second-order valence-electron chi connectivity index (χ2n) is 5.74. The number of aromatic hydroxyl groups is 1. The molecule has 0 radical (unpaired) electrons. The Morgan fingerprint density at radius 1 is 0.926 bits per heavy atom. The highest BCUT2D eigenvalue weighted by Gasteiger charge is 2.20. The summed E-state index contributed by atoms with van der Waals surface area (Å²) in [7, 11) is 1.38. The molecule has 136 valence electrons. The van der Waals surface area contributed by atoms with Crippen molar-refractivity contribution in [2.75, 3.05) is 12.4 Å². The van der Waals surface area contributed by atoms with Crippen LogP contribution >= 0.6 is 0 Å². The van der Waals surface area contributed by atoms with Crippen molar-refractivity contribution in [1.82, 2.24) is 0 Å². The predicted octanol–water partition coefficient (Wildman–Crippen LogP) is 4.02. The van der Waals surface area contributed by atoms with E-state index < -0.39 is 11.9 Å². The van der Waals surface area contributed by atoms with Gasteiger partial charge in [-0.25, -0.2) is 4.79 Å². The van der Waals surface area contributed by atoms with Crippen LogP contribution in [0.4, 0.5) is 5.69 Å². The van der Waals surface area contributed by atoms with Gasteiger partial charge in [0.15, 0.2) is 0 Å². The van der Waals surface area contributed by atoms with Gasteiger partial charge >= 0.3 is 5.97 Å². The number of hydrogen-bond donors (Lipinski definition) is 3. The molecule has 0 atom stereocenters. The number of carboxylic acids is 1. The maximum absolute atomic E-state index is 12.7. The Bertz CT molecular complexity index is 999. The number of rotatable bonds is 5. The van der Waals surface area contributed by atoms with Crippen LogP contribution in [0.5, 0.6) is 11.5 Å². The molecule has 0 aliphatic rings. The van der Waals surface area contributed by atoms with E-state index in [0.717, 1.165) is 11.1 Å². The lowest BCUT2D eigenvalue weighted by atomic mass is 10.0. The second-order valence-corrected chi connectivity index (χ2v) is 5.74. The van der Waals surface area contributed by atoms with Gasteiger partial charge in [0.05, 0.1) is 18.4 Å². The number of phenols is 1. The lowest BCUT2D eigenvalue weighted by molar-refractivity contribution is 0.0698. The van der Waals surface area contributed by atoms with Crippen molar-refractivity contribution in [3.8, 4) is 22.6 Å². The number of phenolic OH excluding ortho intramolecular Hbond substituents is 1. The molecule has 0 saturated carbocycles. The Labute approximate surface area is 155 Å². The molecular formula is C21H17NO5. The summed E-state index contributed by atoms with van der Waals surface area (Å²) in [5.74, 6) is -1.92. The predicted molar refractivity (Wildman–Crippen MR) is 101 cm³/mol. The normalized spacial score (nSPS) is 10.3. The van der Waals surface area contributed by atoms with Crippen LogP contribution in [0.25, 0.3) is 11.1 Å². The Kier molecular flexibility index (Phi) is 5.08. The number of amides is 1. The minimum atomic E-state index is -1.17. The van der Waals surface area contributed by atoms with Gasteiger partial charge in [-0.2, -0.15) is 0 Å². The van der Waals surface area contributed by atoms with Crippen LogP contribution in [-0.4, -0.2) is 29.2 Å². The Morgan fingerprint density at radius 3 is 2.33 bits per heavy atom. The number of ether oxygens (including phenoxy) is 1. The summed E-state index contributed by atoms with van der Waals surface area (Å²) in [6, 6.07) is 18.5. The Morgan fingerprint density at radius 2 is 1.67 bits per heavy atom. The zero-order valence-electron chi connectivity index (χ0n) is 14.5. The molecular weight excluding hydrogens is 346 g/mol. The molecule has 6 heteroatoms. The summed E-state index contributed by atoms with van der Waals surface area (Å²) in [5, 5.41) is 22.0. The fourth-order valence-corrected chi connectivity index (χ4v) is 2.75. The molecule has 0 saturated heterocycles. The molecule has 0 aliphatic carbocycles. The van der Waals surface area contributed by atoms with Gasteiger partial charge in [0, 0.05) is 0 Å². The monoisotopic (exact) mass is 363 g/mol. The molecule has 0 aliphatic heterocycles. The zero-order chi connectivity index (χ0) is 19.4. The molecule has 3 rings (SSSR count). The van der Waals surface area contributed by atoms with Gasteiger partial charge in [0.25, 0.3) is 5.91 Å². The fraction of sp³-hybridized carbons (Fsp3) is 0.0476. The van der Waals surface area contributed by atoms with E-state index in [4.69, 9.17) is 4.74 Å². The van der Waals surface area contributed by atoms with Gasteiger partial charge in [-0.05, 0) is 35.4 Å². The van der Waals surface area contributed by atoms with Crippen molar-refractivity contribution in [2.24, 2.45) is 0 Å². The molecule has 27 heavy (non-hydrogen) atoms. The number of carbonyl (C=O) groups excluding carboxylic acids is 1. The summed E-state index contributed by atoms with van der Waals surface area (Å²) < 4.78 is 5.12. The van der Waals surface area contributed by atoms with E-state index in [-0.39, 0.29) is 28.3 Å². The van der Waals surface area contributed by atoms with Crippen LogP contribution in [0.3, 0.4) is 0 Å². The number of methoxy groups -OCH3 is 1. The Balaban J connectivity index is 2.03. The van der Waals surface area contributed by atoms with Gasteiger partial charge in [-0.15, -0.1) is 0 Å². The SMILES string of the molecule is COc1cccc(O)c1C(=O)Nc1cc(-c2ccccc2)ccc1C(=O)O. The summed E-state index contributed by atoms with van der Waals surface area (Å²) >= 11 is 0. The van der Waals surface area contributed by atoms with Crippen molar-refractivity contribution in [3.05, 3.63) is 77.9 Å². The average molecular weight is 363 g/mol. The fourth-order valence-electron chi connectivity index (χ4n) is 2.75. The molecule has 0 bridgehead atoms. The van der Waals surface area contributed by atoms with Crippen LogP contribution in [0.2, 0.25) is 0 Å². The van der Waals surface area contributed by atoms with E-state index >= 15 is 0 Å². The van der Waals surface area contributed by atoms with Crippen LogP contribution in [0.1, 0.15) is 20.7 Å². The molecule has 3 aromatic carbocycles. The number of carbonyl (C=O) groups is 2. The van der Waals surface area contributed by atoms with E-state index in [0.29, 0.717) is 0 Å². The van der Waals surface area contributed by atoms with Crippen molar-refractivity contribution in [3.63, 3.8) is 0 Å². The standard InChI is InChI=1S/C21H17NO5/c1-27-18-9-5-8-17(23)19(18)20(24)22-16-12-14(10-11-15(16)21(25)26)13-6-3-2-4-7-13/h2-12,23H,1H3,(H,22,24)(H,25,26). The average Bonchev–Trinajstić information content (AvgIpc) is 2.68. The number of carboxylic acid groups (broad SMARTS) is 1. The number of anilines is 1. The van der Waals surface area contributed by atoms with E-state index in [1.807, 2.05) is 30.3 Å². The molecule has 0 unspecified atom stereocenters. The summed E-state index contributed by atoms with van der Waals surface area (Å²) in [6.07, 6.45) is 0. The number of nitrogens with one attached hydrogen (secondary N) is 1. The minimum Gasteiger partial charge on any atom is -0.507 e. The molecule has 3 N–H and O–H groups in total. The highest BCUT2D eigenvalue weighted by molar-refractivity contribution is 6.11. The smallest absolute Gasteiger partial charge is 0.337 e. The lowest BCUT2D eigenvalue weighted by Crippen LogP contribution is -2.16. The van der Waals surface area contributed by atoms with Crippen LogP contribution in [0.15, 0.2) is 66.7 Å². The lowest BCUT2D eigenvalue weighted by Gasteiger charge is -2.13. The van der Waals surface area contributed by atoms with Gasteiger partial charge in [-0.3, -0.25) is 4.79 Å². The first-order chi connectivity index (χ1) is 13.0. The quantitative estimate of drug-likeness (QED) is 0.636. The number of aromatic carboxylic acids is 1. The van der Waals surface area contributed by atoms with Crippen LogP contribution in [-0.2, 0) is 0 Å². The van der Waals surface area contributed by atoms with Crippen molar-refractivity contribution >= 4 is 17.6 Å². The number of hydrogen-bond acceptors (Lipinski definition) is 4. The van der Waals surface area contributed by atoms with E-state index in [2.05, 4.69) is 5.32 Å². The topological polar surface area (TPSA) is 95.9 Å². The summed E-state index contributed by atoms with van der Waals surface area (Å²) in [4.78, 5) is 24.2. The minimum absolute atomic E-state index is 0.0579. The third-order valence-corrected chi connectivity index (χ3v) is 4.06. The second kappa shape index (κ2) is 7.61. The first-order valence-corrected chi connectivity index (χ1v) is 8.11. The molecule has 0 aromatic heterocycles. The molecule has 0 heterocycles. The van der Waals surface area contributed by atoms with Crippen molar-refractivity contribution in [1.29, 1.82) is 0 Å². The maximum Gasteiger partial charge on any atom is 0.337 e. The first kappa shape index (κ1) is 18.0. The van der Waals surface area contributed by atoms with Gasteiger partial charge in [0.1, 0.15) is 17.1 Å². The molecule has 0 fully saturated rings. The molecule has 3 aromatic rings. The molecule has 1 amide bonds. The first-order valence-electron chi connectivity index (χ1n) is 8.11. The van der Waals surface area contributed by atoms with Gasteiger partial charge in [0.2, 0.25) is 0 Å². The van der Waals surface area contributed by atoms with Crippen LogP contribution in [0, 0.1) is 0 Å². The summed E-state index contributed by atoms with van der Waals surface area (Å²) in [6.45, 7) is 0. The van der Waals surface area contributed by atoms with E-state index in [9.17, 15) is 19.8 Å². The van der Waals surface area contributed by atoms with E-state index in [1.54, 1.807) is 18.2 Å². The van der Waals surface area contributed by atoms with E-state index in [1.165, 1.54) is 25.3 Å². The Hall–Kier alpha value is -3.80. The molecule has 6 nitrogen and oxygen atoms in total. The van der Waals surface area contributed by atoms with Crippen LogP contribution < -0.4 is 10.1 Å². The highest BCUT2D eigenvalue weighted by Crippen LogP contribution is 2.30. The van der Waals surface area contributed by atoms with Gasteiger partial charge < -0.3 is 20.3 Å². The van der Waals surface area contributed by atoms with Crippen molar-refractivity contribution < 1.29 is 24.5 Å². The molecule has 0 spiro atoms. The maximum atomic E-state index is 12.7. The highest BCUT2D eigenvalue weighted by atomic mass is 16.5. The van der Waals surface area contributed by atoms with Crippen molar-refractivity contribution in [2.45, 2.75) is 0 Å². The third kappa shape index (κ3) is 3.74. The number of benzene rings is 3. The summed E-state index contributed by atoms with van der Waals surface area (Å²) in [5.41, 5.74) is 1.63.